The van der Waals surface area contributed by atoms with Crippen molar-refractivity contribution < 1.29 is 4.79 Å². The zero-order chi connectivity index (χ0) is 23.9. The molecule has 0 radical (unpaired) electrons. The minimum absolute atomic E-state index is 0.000904. The molecule has 2 aliphatic rings. The first-order valence-corrected chi connectivity index (χ1v) is 12.3. The van der Waals surface area contributed by atoms with Crippen LogP contribution in [0.4, 0.5) is 5.69 Å². The molecule has 1 saturated carbocycles. The maximum atomic E-state index is 12.8. The molecule has 1 aliphatic heterocycles. The number of aromatic amines is 1. The number of rotatable bonds is 4. The van der Waals surface area contributed by atoms with E-state index < -0.39 is 0 Å². The Balaban J connectivity index is 1.27. The number of nitrogens with zero attached hydrogens (tertiary/aromatic N) is 4. The van der Waals surface area contributed by atoms with Crippen molar-refractivity contribution in [2.75, 3.05) is 5.32 Å². The molecule has 1 atom stereocenters. The molecule has 3 aromatic heterocycles. The lowest BCUT2D eigenvalue weighted by molar-refractivity contribution is -0.120. The summed E-state index contributed by atoms with van der Waals surface area (Å²) in [6, 6.07) is 14.2. The summed E-state index contributed by atoms with van der Waals surface area (Å²) in [4.78, 5) is 30.2. The molecule has 8 heteroatoms. The van der Waals surface area contributed by atoms with E-state index in [1.54, 1.807) is 12.4 Å². The van der Waals surface area contributed by atoms with Crippen molar-refractivity contribution in [3.05, 3.63) is 66.4 Å². The van der Waals surface area contributed by atoms with Crippen molar-refractivity contribution in [1.29, 1.82) is 0 Å². The highest BCUT2D eigenvalue weighted by Gasteiger charge is 2.34. The summed E-state index contributed by atoms with van der Waals surface area (Å²) in [6.45, 7) is 2.85. The van der Waals surface area contributed by atoms with Crippen LogP contribution in [0.1, 0.15) is 50.0 Å². The molecule has 8 nitrogen and oxygen atoms in total. The second-order valence-corrected chi connectivity index (χ2v) is 9.69. The molecule has 0 bridgehead atoms. The molecular formula is C27H29N7O. The molecule has 1 amide bonds. The second kappa shape index (κ2) is 8.69. The van der Waals surface area contributed by atoms with Gasteiger partial charge in [0, 0.05) is 35.5 Å². The number of aromatic nitrogens is 4. The van der Waals surface area contributed by atoms with E-state index >= 15 is 0 Å². The number of amides is 1. The zero-order valence-electron chi connectivity index (χ0n) is 19.7. The third-order valence-corrected chi connectivity index (χ3v) is 7.22. The van der Waals surface area contributed by atoms with Gasteiger partial charge >= 0.3 is 0 Å². The van der Waals surface area contributed by atoms with E-state index in [1.807, 2.05) is 24.3 Å². The molecule has 0 saturated heterocycles. The van der Waals surface area contributed by atoms with Crippen LogP contribution in [0.3, 0.4) is 0 Å². The van der Waals surface area contributed by atoms with Crippen molar-refractivity contribution in [2.45, 2.75) is 51.1 Å². The topological polar surface area (TPSA) is 114 Å². The van der Waals surface area contributed by atoms with E-state index in [4.69, 9.17) is 10.7 Å². The van der Waals surface area contributed by atoms with Crippen LogP contribution in [0.15, 0.2) is 59.9 Å². The number of hydrogen-bond donors (Lipinski definition) is 3. The highest BCUT2D eigenvalue weighted by molar-refractivity contribution is 6.02. The van der Waals surface area contributed by atoms with E-state index in [-0.39, 0.29) is 23.8 Å². The van der Waals surface area contributed by atoms with E-state index in [9.17, 15) is 4.79 Å². The first kappa shape index (κ1) is 21.6. The van der Waals surface area contributed by atoms with Gasteiger partial charge in [0.05, 0.1) is 23.6 Å². The molecule has 6 rings (SSSR count). The van der Waals surface area contributed by atoms with Crippen molar-refractivity contribution in [3.8, 4) is 11.4 Å². The van der Waals surface area contributed by atoms with Crippen LogP contribution in [-0.2, 0) is 11.3 Å². The average molecular weight is 468 g/mol. The smallest absolute Gasteiger partial charge is 0.227 e. The maximum Gasteiger partial charge on any atom is 0.227 e. The molecule has 1 fully saturated rings. The lowest BCUT2D eigenvalue weighted by atomic mass is 9.81. The molecule has 1 aromatic carbocycles. The number of carbonyl (C=O) groups excluding carboxylic acids is 1. The molecule has 4 N–H and O–H groups in total. The monoisotopic (exact) mass is 467 g/mol. The highest BCUT2D eigenvalue weighted by atomic mass is 16.1. The van der Waals surface area contributed by atoms with Gasteiger partial charge in [-0.2, -0.15) is 0 Å². The summed E-state index contributed by atoms with van der Waals surface area (Å²) in [5, 5.41) is 4.15. The Kier molecular flexibility index (Phi) is 5.36. The SMILES string of the molecule is CC1Cn2c(C3CCC(C(=O)Nc4cccnc4)CC3)nc(-c3cc4ccccc4[nH]3)c2C(N)=N1. The van der Waals surface area contributed by atoms with Crippen LogP contribution < -0.4 is 11.1 Å². The number of para-hydroxylation sites is 1. The lowest BCUT2D eigenvalue weighted by Crippen LogP contribution is -2.32. The molecule has 0 spiro atoms. The number of fused-ring (bicyclic) bond motifs is 2. The Hall–Kier alpha value is -3.94. The molecule has 1 unspecified atom stereocenters. The number of aliphatic imine (C=N–C) groups is 1. The van der Waals surface area contributed by atoms with Crippen LogP contribution >= 0.6 is 0 Å². The molecule has 1 aliphatic carbocycles. The number of amidine groups is 1. The summed E-state index contributed by atoms with van der Waals surface area (Å²) in [5.74, 6) is 1.96. The minimum Gasteiger partial charge on any atom is -0.382 e. The third-order valence-electron chi connectivity index (χ3n) is 7.22. The second-order valence-electron chi connectivity index (χ2n) is 9.69. The first-order chi connectivity index (χ1) is 17.1. The Bertz CT molecular complexity index is 1380. The summed E-state index contributed by atoms with van der Waals surface area (Å²) >= 11 is 0. The van der Waals surface area contributed by atoms with Gasteiger partial charge in [0.25, 0.3) is 0 Å². The molecule has 4 heterocycles. The number of pyridine rings is 1. The first-order valence-electron chi connectivity index (χ1n) is 12.3. The predicted octanol–water partition coefficient (Wildman–Crippen LogP) is 4.45. The molecule has 178 valence electrons. The number of benzene rings is 1. The molecule has 35 heavy (non-hydrogen) atoms. The van der Waals surface area contributed by atoms with Gasteiger partial charge in [0.15, 0.2) is 0 Å². The van der Waals surface area contributed by atoms with E-state index in [0.717, 1.165) is 71.7 Å². The molecular weight excluding hydrogens is 438 g/mol. The van der Waals surface area contributed by atoms with Gasteiger partial charge < -0.3 is 20.6 Å². The Labute approximate surface area is 203 Å². The van der Waals surface area contributed by atoms with E-state index in [0.29, 0.717) is 5.84 Å². The molecule has 4 aromatic rings. The van der Waals surface area contributed by atoms with Gasteiger partial charge in [0.2, 0.25) is 5.91 Å². The fraction of sp³-hybridized carbons (Fsp3) is 0.333. The predicted molar refractivity (Wildman–Crippen MR) is 137 cm³/mol. The van der Waals surface area contributed by atoms with Gasteiger partial charge in [-0.25, -0.2) is 4.98 Å². The average Bonchev–Trinajstić information content (AvgIpc) is 3.46. The van der Waals surface area contributed by atoms with Gasteiger partial charge in [-0.3, -0.25) is 14.8 Å². The number of anilines is 1. The standard InChI is InChI=1S/C27H29N7O/c1-16-15-34-24(25(28)30-16)23(22-13-19-5-2-3-7-21(19)32-22)33-26(34)17-8-10-18(11-9-17)27(35)31-20-6-4-12-29-14-20/h2-7,12-14,16-18,32H,8-11,15H2,1H3,(H2,28,30)(H,31,35). The number of nitrogens with two attached hydrogens (primary N) is 1. The number of nitrogens with one attached hydrogen (secondary N) is 2. The lowest BCUT2D eigenvalue weighted by Gasteiger charge is -2.29. The Morgan fingerprint density at radius 2 is 1.97 bits per heavy atom. The van der Waals surface area contributed by atoms with Gasteiger partial charge in [-0.1, -0.05) is 18.2 Å². The summed E-state index contributed by atoms with van der Waals surface area (Å²) < 4.78 is 2.27. The summed E-state index contributed by atoms with van der Waals surface area (Å²) in [6.07, 6.45) is 6.88. The Morgan fingerprint density at radius 1 is 1.14 bits per heavy atom. The van der Waals surface area contributed by atoms with Crippen LogP contribution in [0.2, 0.25) is 0 Å². The third kappa shape index (κ3) is 3.99. The summed E-state index contributed by atoms with van der Waals surface area (Å²) in [7, 11) is 0. The van der Waals surface area contributed by atoms with E-state index in [1.165, 1.54) is 0 Å². The van der Waals surface area contributed by atoms with Crippen molar-refractivity contribution in [3.63, 3.8) is 0 Å². The van der Waals surface area contributed by atoms with Gasteiger partial charge in [-0.05, 0) is 56.9 Å². The van der Waals surface area contributed by atoms with Crippen molar-refractivity contribution >= 4 is 28.3 Å². The van der Waals surface area contributed by atoms with Crippen LogP contribution in [0.25, 0.3) is 22.3 Å². The highest BCUT2D eigenvalue weighted by Crippen LogP contribution is 2.39. The van der Waals surface area contributed by atoms with Crippen LogP contribution in [-0.4, -0.2) is 37.3 Å². The van der Waals surface area contributed by atoms with Crippen molar-refractivity contribution in [2.24, 2.45) is 16.6 Å². The van der Waals surface area contributed by atoms with Crippen LogP contribution in [0, 0.1) is 5.92 Å². The van der Waals surface area contributed by atoms with Gasteiger partial charge in [-0.15, -0.1) is 0 Å². The quantitative estimate of drug-likeness (QED) is 0.411. The van der Waals surface area contributed by atoms with Crippen LogP contribution in [0.5, 0.6) is 0 Å². The fourth-order valence-electron chi connectivity index (χ4n) is 5.51. The van der Waals surface area contributed by atoms with Crippen molar-refractivity contribution in [1.82, 2.24) is 19.5 Å². The normalized spacial score (nSPS) is 22.0. The summed E-state index contributed by atoms with van der Waals surface area (Å²) in [5.41, 5.74) is 11.0. The fourth-order valence-corrected chi connectivity index (χ4v) is 5.51. The number of carbonyl (C=O) groups is 1. The zero-order valence-corrected chi connectivity index (χ0v) is 19.7. The van der Waals surface area contributed by atoms with E-state index in [2.05, 4.69) is 50.0 Å². The number of H-pyrrole nitrogens is 1. The number of hydrogen-bond acceptors (Lipinski definition) is 5. The minimum atomic E-state index is 0.000904. The Morgan fingerprint density at radius 3 is 2.74 bits per heavy atom. The maximum absolute atomic E-state index is 12.8. The van der Waals surface area contributed by atoms with Gasteiger partial charge in [0.1, 0.15) is 23.0 Å². The largest absolute Gasteiger partial charge is 0.382 e. The number of imidazole rings is 1.